The fourth-order valence-electron chi connectivity index (χ4n) is 2.29. The van der Waals surface area contributed by atoms with Gasteiger partial charge in [0.25, 0.3) is 0 Å². The fourth-order valence-corrected chi connectivity index (χ4v) is 2.29. The lowest BCUT2D eigenvalue weighted by Crippen LogP contribution is -2.40. The lowest BCUT2D eigenvalue weighted by molar-refractivity contribution is 0.314. The Morgan fingerprint density at radius 1 is 1.25 bits per heavy atom. The molecule has 0 spiro atoms. The van der Waals surface area contributed by atoms with Gasteiger partial charge in [0.2, 0.25) is 5.88 Å². The molecule has 1 fully saturated rings. The third kappa shape index (κ3) is 2.16. The lowest BCUT2D eigenvalue weighted by Gasteiger charge is -2.29. The van der Waals surface area contributed by atoms with E-state index in [1.165, 1.54) is 19.3 Å². The van der Waals surface area contributed by atoms with Crippen molar-refractivity contribution in [3.05, 3.63) is 18.1 Å². The Labute approximate surface area is 96.4 Å². The summed E-state index contributed by atoms with van der Waals surface area (Å²) < 4.78 is 5.29. The molecule has 1 aromatic heterocycles. The summed E-state index contributed by atoms with van der Waals surface area (Å²) in [5.41, 5.74) is 0.829. The summed E-state index contributed by atoms with van der Waals surface area (Å²) in [6, 6.07) is 0. The molecule has 0 saturated carbocycles. The van der Waals surface area contributed by atoms with Crippen LogP contribution in [0, 0.1) is 0 Å². The highest BCUT2D eigenvalue weighted by Crippen LogP contribution is 2.32. The van der Waals surface area contributed by atoms with Crippen molar-refractivity contribution in [1.29, 1.82) is 0 Å². The van der Waals surface area contributed by atoms with Crippen molar-refractivity contribution in [2.24, 2.45) is 0 Å². The van der Waals surface area contributed by atoms with Gasteiger partial charge < -0.3 is 10.1 Å². The summed E-state index contributed by atoms with van der Waals surface area (Å²) in [5, 5.41) is 3.57. The maximum absolute atomic E-state index is 5.29. The molecule has 4 nitrogen and oxygen atoms in total. The van der Waals surface area contributed by atoms with E-state index in [1.54, 1.807) is 19.5 Å². The van der Waals surface area contributed by atoms with Gasteiger partial charge >= 0.3 is 0 Å². The molecule has 1 atom stereocenters. The van der Waals surface area contributed by atoms with Gasteiger partial charge in [-0.25, -0.2) is 4.98 Å². The predicted molar refractivity (Wildman–Crippen MR) is 62.4 cm³/mol. The number of hydrogen-bond donors (Lipinski definition) is 1. The Morgan fingerprint density at radius 2 is 2.06 bits per heavy atom. The largest absolute Gasteiger partial charge is 0.480 e. The summed E-state index contributed by atoms with van der Waals surface area (Å²) in [6.07, 6.45) is 8.23. The molecule has 0 radical (unpaired) electrons. The van der Waals surface area contributed by atoms with E-state index in [-0.39, 0.29) is 5.54 Å². The summed E-state index contributed by atoms with van der Waals surface area (Å²) >= 11 is 0. The third-order valence-corrected chi connectivity index (χ3v) is 3.25. The van der Waals surface area contributed by atoms with Crippen molar-refractivity contribution >= 4 is 0 Å². The van der Waals surface area contributed by atoms with Gasteiger partial charge in [-0.15, -0.1) is 0 Å². The van der Waals surface area contributed by atoms with E-state index in [9.17, 15) is 0 Å². The number of nitrogens with zero attached hydrogens (tertiary/aromatic N) is 2. The second kappa shape index (κ2) is 4.78. The van der Waals surface area contributed by atoms with Crippen LogP contribution in [0.5, 0.6) is 5.88 Å². The first kappa shape index (κ1) is 11.3. The average molecular weight is 221 g/mol. The molecule has 1 aliphatic heterocycles. The highest BCUT2D eigenvalue weighted by Gasteiger charge is 2.32. The SMILES string of the molecule is COc1nccnc1C1(C)CCCCCN1. The van der Waals surface area contributed by atoms with Gasteiger partial charge in [0.1, 0.15) is 5.69 Å². The van der Waals surface area contributed by atoms with E-state index in [0.29, 0.717) is 5.88 Å². The van der Waals surface area contributed by atoms with Gasteiger partial charge in [0.15, 0.2) is 0 Å². The molecule has 1 saturated heterocycles. The zero-order chi connectivity index (χ0) is 11.4. The minimum absolute atomic E-state index is 0.101. The normalized spacial score (nSPS) is 26.1. The molecule has 0 aliphatic carbocycles. The Balaban J connectivity index is 2.32. The van der Waals surface area contributed by atoms with Gasteiger partial charge in [0.05, 0.1) is 12.6 Å². The van der Waals surface area contributed by atoms with Crippen molar-refractivity contribution in [2.45, 2.75) is 38.1 Å². The standard InChI is InChI=1S/C12H19N3O/c1-12(6-4-3-5-7-15-12)10-11(16-2)14-9-8-13-10/h8-9,15H,3-7H2,1-2H3. The summed E-state index contributed by atoms with van der Waals surface area (Å²) in [7, 11) is 1.65. The molecular weight excluding hydrogens is 202 g/mol. The smallest absolute Gasteiger partial charge is 0.237 e. The number of methoxy groups -OCH3 is 1. The van der Waals surface area contributed by atoms with Crippen LogP contribution < -0.4 is 10.1 Å². The molecule has 2 rings (SSSR count). The van der Waals surface area contributed by atoms with Crippen molar-refractivity contribution in [3.63, 3.8) is 0 Å². The van der Waals surface area contributed by atoms with Crippen LogP contribution in [0.3, 0.4) is 0 Å². The highest BCUT2D eigenvalue weighted by atomic mass is 16.5. The minimum atomic E-state index is -0.101. The monoisotopic (exact) mass is 221 g/mol. The molecular formula is C12H19N3O. The highest BCUT2D eigenvalue weighted by molar-refractivity contribution is 5.25. The number of ether oxygens (including phenoxy) is 1. The van der Waals surface area contributed by atoms with E-state index >= 15 is 0 Å². The molecule has 1 aliphatic rings. The number of hydrogen-bond acceptors (Lipinski definition) is 4. The van der Waals surface area contributed by atoms with Crippen molar-refractivity contribution in [1.82, 2.24) is 15.3 Å². The van der Waals surface area contributed by atoms with Crippen LogP contribution in [0.2, 0.25) is 0 Å². The van der Waals surface area contributed by atoms with E-state index in [1.807, 2.05) is 0 Å². The Hall–Kier alpha value is -1.16. The number of rotatable bonds is 2. The van der Waals surface area contributed by atoms with Crippen molar-refractivity contribution in [3.8, 4) is 5.88 Å². The molecule has 4 heteroatoms. The lowest BCUT2D eigenvalue weighted by atomic mass is 9.92. The van der Waals surface area contributed by atoms with Crippen LogP contribution in [0.4, 0.5) is 0 Å². The molecule has 1 N–H and O–H groups in total. The molecule has 1 unspecified atom stereocenters. The maximum Gasteiger partial charge on any atom is 0.237 e. The summed E-state index contributed by atoms with van der Waals surface area (Å²) in [6.45, 7) is 3.22. The van der Waals surface area contributed by atoms with Crippen LogP contribution in [0.15, 0.2) is 12.4 Å². The van der Waals surface area contributed by atoms with Crippen LogP contribution in [-0.2, 0) is 5.54 Å². The van der Waals surface area contributed by atoms with E-state index in [2.05, 4.69) is 22.2 Å². The van der Waals surface area contributed by atoms with E-state index in [4.69, 9.17) is 4.74 Å². The second-order valence-corrected chi connectivity index (χ2v) is 4.48. The topological polar surface area (TPSA) is 47.0 Å². The van der Waals surface area contributed by atoms with Gasteiger partial charge in [-0.3, -0.25) is 4.98 Å². The molecule has 16 heavy (non-hydrogen) atoms. The van der Waals surface area contributed by atoms with Crippen molar-refractivity contribution < 1.29 is 4.74 Å². The summed E-state index contributed by atoms with van der Waals surface area (Å²) in [5.74, 6) is 0.638. The first-order valence-corrected chi connectivity index (χ1v) is 5.87. The number of aromatic nitrogens is 2. The quantitative estimate of drug-likeness (QED) is 0.828. The molecule has 0 aromatic carbocycles. The van der Waals surface area contributed by atoms with E-state index < -0.39 is 0 Å². The van der Waals surface area contributed by atoms with Gasteiger partial charge in [-0.1, -0.05) is 12.8 Å². The fraction of sp³-hybridized carbons (Fsp3) is 0.667. The molecule has 0 amide bonds. The maximum atomic E-state index is 5.29. The second-order valence-electron chi connectivity index (χ2n) is 4.48. The Morgan fingerprint density at radius 3 is 2.88 bits per heavy atom. The zero-order valence-electron chi connectivity index (χ0n) is 9.99. The molecule has 2 heterocycles. The minimum Gasteiger partial charge on any atom is -0.480 e. The Bertz CT molecular complexity index is 346. The molecule has 1 aromatic rings. The molecule has 88 valence electrons. The van der Waals surface area contributed by atoms with Crippen LogP contribution in [0.25, 0.3) is 0 Å². The summed E-state index contributed by atoms with van der Waals surface area (Å²) in [4.78, 5) is 8.66. The van der Waals surface area contributed by atoms with Gasteiger partial charge in [-0.2, -0.15) is 0 Å². The number of nitrogens with one attached hydrogen (secondary N) is 1. The first-order valence-electron chi connectivity index (χ1n) is 5.87. The molecule has 0 bridgehead atoms. The first-order chi connectivity index (χ1) is 7.76. The van der Waals surface area contributed by atoms with Crippen LogP contribution >= 0.6 is 0 Å². The zero-order valence-corrected chi connectivity index (χ0v) is 9.99. The van der Waals surface area contributed by atoms with Gasteiger partial charge in [0, 0.05) is 12.4 Å². The van der Waals surface area contributed by atoms with Crippen LogP contribution in [-0.4, -0.2) is 23.6 Å². The van der Waals surface area contributed by atoms with E-state index in [0.717, 1.165) is 18.7 Å². The third-order valence-electron chi connectivity index (χ3n) is 3.25. The van der Waals surface area contributed by atoms with Gasteiger partial charge in [-0.05, 0) is 26.3 Å². The predicted octanol–water partition coefficient (Wildman–Crippen LogP) is 1.86. The van der Waals surface area contributed by atoms with Crippen molar-refractivity contribution in [2.75, 3.05) is 13.7 Å². The average Bonchev–Trinajstić information content (AvgIpc) is 2.55. The van der Waals surface area contributed by atoms with Crippen LogP contribution in [0.1, 0.15) is 38.3 Å². The Kier molecular flexibility index (Phi) is 3.39.